The van der Waals surface area contributed by atoms with Gasteiger partial charge in [-0.1, -0.05) is 0 Å². The molecule has 3 aliphatic rings. The van der Waals surface area contributed by atoms with Gasteiger partial charge >= 0.3 is 11.8 Å². The molecule has 2 bridgehead atoms. The minimum atomic E-state index is -0.591. The normalized spacial score (nSPS) is 20.1. The number of pyridine rings is 1. The number of halogens is 1. The number of benzene rings is 1. The van der Waals surface area contributed by atoms with Crippen LogP contribution in [-0.4, -0.2) is 70.2 Å². The van der Waals surface area contributed by atoms with Crippen LogP contribution in [0, 0.1) is 5.82 Å². The van der Waals surface area contributed by atoms with Crippen LogP contribution < -0.4 is 15.3 Å². The largest absolute Gasteiger partial charge is 0.468 e. The summed E-state index contributed by atoms with van der Waals surface area (Å²) in [4.78, 5) is 38.9. The van der Waals surface area contributed by atoms with Gasteiger partial charge in [0, 0.05) is 39.0 Å². The molecule has 2 unspecified atom stereocenters. The van der Waals surface area contributed by atoms with E-state index in [1.807, 2.05) is 42.7 Å². The average Bonchev–Trinajstić information content (AvgIpc) is 3.22. The van der Waals surface area contributed by atoms with Crippen LogP contribution in [0.2, 0.25) is 0 Å². The van der Waals surface area contributed by atoms with Crippen molar-refractivity contribution in [2.24, 2.45) is 7.05 Å². The zero-order valence-electron chi connectivity index (χ0n) is 24.9. The fourth-order valence-electron chi connectivity index (χ4n) is 6.67. The molecule has 1 aromatic carbocycles. The first-order valence-corrected chi connectivity index (χ1v) is 14.6. The second-order valence-corrected chi connectivity index (χ2v) is 12.5. The summed E-state index contributed by atoms with van der Waals surface area (Å²) in [6.07, 6.45) is 6.71. The molecule has 2 fully saturated rings. The van der Waals surface area contributed by atoms with Gasteiger partial charge in [-0.25, -0.2) is 14.0 Å². The first-order chi connectivity index (χ1) is 20.1. The van der Waals surface area contributed by atoms with Crippen LogP contribution in [0.15, 0.2) is 23.1 Å². The Kier molecular flexibility index (Phi) is 7.32. The number of nitrogens with zero attached hydrogens (tertiary/aromatic N) is 5. The van der Waals surface area contributed by atoms with Gasteiger partial charge in [0.2, 0.25) is 0 Å². The minimum absolute atomic E-state index is 0.0819. The summed E-state index contributed by atoms with van der Waals surface area (Å²) in [5.41, 5.74) is 2.06. The summed E-state index contributed by atoms with van der Waals surface area (Å²) >= 11 is 0. The number of hydrogen-bond donors (Lipinski definition) is 0. The molecule has 2 aromatic heterocycles. The lowest BCUT2D eigenvalue weighted by Crippen LogP contribution is -2.57. The van der Waals surface area contributed by atoms with Crippen molar-refractivity contribution in [2.75, 3.05) is 31.9 Å². The van der Waals surface area contributed by atoms with E-state index < -0.39 is 17.1 Å². The number of ether oxygens (including phenoxy) is 3. The number of anilines is 1. The second kappa shape index (κ2) is 10.8. The van der Waals surface area contributed by atoms with Crippen molar-refractivity contribution in [3.63, 3.8) is 0 Å². The molecule has 6 rings (SSSR count). The fraction of sp³-hybridized carbons (Fsp3) is 0.548. The van der Waals surface area contributed by atoms with Crippen molar-refractivity contribution in [2.45, 2.75) is 77.0 Å². The third-order valence-corrected chi connectivity index (χ3v) is 8.48. The molecule has 2 aliphatic heterocycles. The predicted octanol–water partition coefficient (Wildman–Crippen LogP) is 4.58. The van der Waals surface area contributed by atoms with E-state index in [1.54, 1.807) is 13.3 Å². The topological polar surface area (TPSA) is 99.0 Å². The number of methoxy groups -OCH3 is 1. The Hall–Kier alpha value is -3.73. The average molecular weight is 580 g/mol. The Balaban J connectivity index is 1.40. The molecule has 3 aromatic rings. The molecule has 224 valence electrons. The molecule has 0 spiro atoms. The van der Waals surface area contributed by atoms with Crippen LogP contribution in [0.1, 0.15) is 57.6 Å². The molecule has 10 nitrogen and oxygen atoms in total. The number of piperazine rings is 1. The Labute approximate surface area is 244 Å². The Bertz CT molecular complexity index is 1590. The number of fused-ring (bicyclic) bond motifs is 4. The third-order valence-electron chi connectivity index (χ3n) is 8.48. The number of aryl methyl sites for hydroxylation is 2. The van der Waals surface area contributed by atoms with Crippen LogP contribution in [0.4, 0.5) is 15.0 Å². The molecular formula is C31H38FN5O5. The lowest BCUT2D eigenvalue weighted by atomic mass is 9.86. The van der Waals surface area contributed by atoms with Gasteiger partial charge in [0.25, 0.3) is 0 Å². The highest BCUT2D eigenvalue weighted by atomic mass is 19.1. The number of hydrogen-bond acceptors (Lipinski definition) is 8. The van der Waals surface area contributed by atoms with Gasteiger partial charge in [-0.3, -0.25) is 14.5 Å². The van der Waals surface area contributed by atoms with Crippen molar-refractivity contribution in [1.29, 1.82) is 0 Å². The summed E-state index contributed by atoms with van der Waals surface area (Å²) in [7, 11) is 3.09. The van der Waals surface area contributed by atoms with Crippen LogP contribution >= 0.6 is 0 Å². The zero-order chi connectivity index (χ0) is 29.8. The van der Waals surface area contributed by atoms with Gasteiger partial charge in [-0.15, -0.1) is 0 Å². The maximum Gasteiger partial charge on any atom is 0.410 e. The second-order valence-electron chi connectivity index (χ2n) is 12.5. The zero-order valence-corrected chi connectivity index (χ0v) is 24.9. The summed E-state index contributed by atoms with van der Waals surface area (Å²) in [6, 6.07) is 3.64. The number of carbonyl (C=O) groups excluding carboxylic acids is 1. The molecule has 4 heterocycles. The highest BCUT2D eigenvalue weighted by Crippen LogP contribution is 2.39. The Morgan fingerprint density at radius 3 is 2.52 bits per heavy atom. The summed E-state index contributed by atoms with van der Waals surface area (Å²) < 4.78 is 34.3. The van der Waals surface area contributed by atoms with E-state index in [0.29, 0.717) is 35.6 Å². The number of amides is 1. The molecule has 1 aliphatic carbocycles. The maximum absolute atomic E-state index is 16.6. The van der Waals surface area contributed by atoms with Crippen molar-refractivity contribution in [3.05, 3.63) is 45.8 Å². The van der Waals surface area contributed by atoms with Crippen LogP contribution in [0.3, 0.4) is 0 Å². The summed E-state index contributed by atoms with van der Waals surface area (Å²) in [6.45, 7) is 6.59. The highest BCUT2D eigenvalue weighted by Gasteiger charge is 2.45. The maximum atomic E-state index is 16.6. The van der Waals surface area contributed by atoms with E-state index in [0.717, 1.165) is 49.7 Å². The van der Waals surface area contributed by atoms with Gasteiger partial charge in [0.1, 0.15) is 22.9 Å². The van der Waals surface area contributed by atoms with Crippen molar-refractivity contribution >= 4 is 22.8 Å². The van der Waals surface area contributed by atoms with Crippen molar-refractivity contribution in [1.82, 2.24) is 19.4 Å². The van der Waals surface area contributed by atoms with Crippen LogP contribution in [0.25, 0.3) is 22.2 Å². The van der Waals surface area contributed by atoms with Gasteiger partial charge in [-0.2, -0.15) is 4.98 Å². The smallest absolute Gasteiger partial charge is 0.410 e. The van der Waals surface area contributed by atoms with E-state index in [9.17, 15) is 9.59 Å². The minimum Gasteiger partial charge on any atom is -0.468 e. The molecule has 2 saturated heterocycles. The van der Waals surface area contributed by atoms with Gasteiger partial charge < -0.3 is 19.1 Å². The Morgan fingerprint density at radius 1 is 1.12 bits per heavy atom. The van der Waals surface area contributed by atoms with Gasteiger partial charge in [0.15, 0.2) is 12.6 Å². The summed E-state index contributed by atoms with van der Waals surface area (Å²) in [5.74, 6) is 0.421. The quantitative estimate of drug-likeness (QED) is 0.405. The third kappa shape index (κ3) is 5.08. The fourth-order valence-corrected chi connectivity index (χ4v) is 6.67. The van der Waals surface area contributed by atoms with E-state index in [2.05, 4.69) is 9.97 Å². The number of aromatic nitrogens is 3. The van der Waals surface area contributed by atoms with E-state index in [4.69, 9.17) is 14.2 Å². The standard InChI is InChI=1S/C31H38FN5O5/c1-31(2,3)42-30(39)37-19-10-11-20(37)16-36(15-19)28-24-14-33-26(25(32)27(24)35(4)29(38)34-28)23-13-21(41-17-40-5)12-18-8-6-7-9-22(18)23/h12-14,19-20H,6-11,15-17H2,1-5H3. The molecule has 0 radical (unpaired) electrons. The Morgan fingerprint density at radius 2 is 1.83 bits per heavy atom. The first-order valence-electron chi connectivity index (χ1n) is 14.6. The molecule has 0 saturated carbocycles. The van der Waals surface area contributed by atoms with Crippen molar-refractivity contribution in [3.8, 4) is 17.0 Å². The molecule has 0 N–H and O–H groups in total. The van der Waals surface area contributed by atoms with E-state index in [1.165, 1.54) is 11.6 Å². The molecule has 1 amide bonds. The highest BCUT2D eigenvalue weighted by molar-refractivity contribution is 5.92. The monoisotopic (exact) mass is 579 g/mol. The number of carbonyl (C=O) groups is 1. The lowest BCUT2D eigenvalue weighted by Gasteiger charge is -2.42. The predicted molar refractivity (Wildman–Crippen MR) is 156 cm³/mol. The SMILES string of the molecule is COCOc1cc2c(c(-c3ncc4c(N5CC6CCC(C5)N6C(=O)OC(C)(C)C)nc(=O)n(C)c4c3F)c1)CCCC2. The van der Waals surface area contributed by atoms with Crippen LogP contribution in [0.5, 0.6) is 5.75 Å². The van der Waals surface area contributed by atoms with E-state index in [-0.39, 0.29) is 36.2 Å². The molecule has 42 heavy (non-hydrogen) atoms. The molecule has 2 atom stereocenters. The van der Waals surface area contributed by atoms with Crippen LogP contribution in [-0.2, 0) is 29.4 Å². The lowest BCUT2D eigenvalue weighted by molar-refractivity contribution is 0.0123. The van der Waals surface area contributed by atoms with Gasteiger partial charge in [-0.05, 0) is 82.6 Å². The van der Waals surface area contributed by atoms with Crippen molar-refractivity contribution < 1.29 is 23.4 Å². The molecular weight excluding hydrogens is 541 g/mol. The molecule has 11 heteroatoms. The summed E-state index contributed by atoms with van der Waals surface area (Å²) in [5, 5.41) is 0.462. The number of rotatable bonds is 5. The van der Waals surface area contributed by atoms with Gasteiger partial charge in [0.05, 0.1) is 23.0 Å². The first kappa shape index (κ1) is 28.4. The van der Waals surface area contributed by atoms with E-state index >= 15 is 4.39 Å².